The smallest absolute Gasteiger partial charge is 0.321 e. The van der Waals surface area contributed by atoms with E-state index in [2.05, 4.69) is 10.6 Å². The van der Waals surface area contributed by atoms with Gasteiger partial charge in [0.05, 0.1) is 7.11 Å². The van der Waals surface area contributed by atoms with Crippen molar-refractivity contribution in [2.75, 3.05) is 32.1 Å². The van der Waals surface area contributed by atoms with Crippen molar-refractivity contribution in [2.45, 2.75) is 18.9 Å². The van der Waals surface area contributed by atoms with E-state index in [4.69, 9.17) is 4.74 Å². The van der Waals surface area contributed by atoms with Crippen molar-refractivity contribution in [2.24, 2.45) is 5.92 Å². The fraction of sp³-hybridized carbons (Fsp3) is 0.533. The van der Waals surface area contributed by atoms with Crippen LogP contribution in [0.1, 0.15) is 12.8 Å². The molecule has 5 heteroatoms. The highest BCUT2D eigenvalue weighted by molar-refractivity contribution is 5.89. The fourth-order valence-corrected chi connectivity index (χ4v) is 3.09. The zero-order chi connectivity index (χ0) is 13.9. The van der Waals surface area contributed by atoms with Crippen LogP contribution in [-0.4, -0.2) is 43.7 Å². The number of nitrogens with one attached hydrogen (secondary N) is 2. The third-order valence-electron chi connectivity index (χ3n) is 4.23. The number of piperidine rings is 1. The van der Waals surface area contributed by atoms with Gasteiger partial charge in [0.1, 0.15) is 5.75 Å². The zero-order valence-corrected chi connectivity index (χ0v) is 11.8. The Morgan fingerprint density at radius 2 is 2.15 bits per heavy atom. The quantitative estimate of drug-likeness (QED) is 0.867. The van der Waals surface area contributed by atoms with Crippen LogP contribution < -0.4 is 15.4 Å². The summed E-state index contributed by atoms with van der Waals surface area (Å²) in [5, 5.41) is 6.46. The summed E-state index contributed by atoms with van der Waals surface area (Å²) >= 11 is 0. The largest absolute Gasteiger partial charge is 0.497 e. The Kier molecular flexibility index (Phi) is 3.78. The van der Waals surface area contributed by atoms with Crippen LogP contribution in [0.5, 0.6) is 5.75 Å². The molecule has 0 unspecified atom stereocenters. The number of fused-ring (bicyclic) bond motifs is 1. The molecule has 0 spiro atoms. The van der Waals surface area contributed by atoms with Crippen LogP contribution in [0.15, 0.2) is 24.3 Å². The molecule has 20 heavy (non-hydrogen) atoms. The molecule has 2 heterocycles. The van der Waals surface area contributed by atoms with Gasteiger partial charge in [-0.05, 0) is 49.6 Å². The molecule has 0 aliphatic carbocycles. The SMILES string of the molecule is COc1ccc(NC(=O)N2C[C@@H]3CCCN[C@@H]3C2)cc1. The topological polar surface area (TPSA) is 53.6 Å². The average Bonchev–Trinajstić information content (AvgIpc) is 2.92. The van der Waals surface area contributed by atoms with Gasteiger partial charge < -0.3 is 20.3 Å². The van der Waals surface area contributed by atoms with Gasteiger partial charge in [0.15, 0.2) is 0 Å². The second kappa shape index (κ2) is 5.71. The van der Waals surface area contributed by atoms with Crippen LogP contribution in [0.3, 0.4) is 0 Å². The van der Waals surface area contributed by atoms with E-state index in [1.165, 1.54) is 12.8 Å². The van der Waals surface area contributed by atoms with E-state index in [-0.39, 0.29) is 6.03 Å². The van der Waals surface area contributed by atoms with Gasteiger partial charge in [0.25, 0.3) is 0 Å². The maximum absolute atomic E-state index is 12.3. The second-order valence-electron chi connectivity index (χ2n) is 5.53. The highest BCUT2D eigenvalue weighted by Gasteiger charge is 2.36. The van der Waals surface area contributed by atoms with Crippen LogP contribution in [0.4, 0.5) is 10.5 Å². The number of likely N-dealkylation sites (tertiary alicyclic amines) is 1. The van der Waals surface area contributed by atoms with Crippen LogP contribution in [-0.2, 0) is 0 Å². The lowest BCUT2D eigenvalue weighted by Crippen LogP contribution is -2.41. The van der Waals surface area contributed by atoms with E-state index in [0.717, 1.165) is 31.1 Å². The molecular formula is C15H21N3O2. The van der Waals surface area contributed by atoms with Crippen molar-refractivity contribution in [3.05, 3.63) is 24.3 Å². The lowest BCUT2D eigenvalue weighted by molar-refractivity contribution is 0.220. The number of urea groups is 1. The molecule has 0 radical (unpaired) electrons. The minimum Gasteiger partial charge on any atom is -0.497 e. The predicted molar refractivity (Wildman–Crippen MR) is 78.1 cm³/mol. The van der Waals surface area contributed by atoms with Gasteiger partial charge in [-0.15, -0.1) is 0 Å². The number of ether oxygens (including phenoxy) is 1. The molecule has 1 aromatic rings. The molecule has 2 aliphatic rings. The van der Waals surface area contributed by atoms with E-state index in [1.807, 2.05) is 29.2 Å². The van der Waals surface area contributed by atoms with E-state index < -0.39 is 0 Å². The molecule has 2 aliphatic heterocycles. The van der Waals surface area contributed by atoms with Crippen LogP contribution >= 0.6 is 0 Å². The summed E-state index contributed by atoms with van der Waals surface area (Å²) in [7, 11) is 1.63. The van der Waals surface area contributed by atoms with Crippen molar-refractivity contribution in [1.29, 1.82) is 0 Å². The summed E-state index contributed by atoms with van der Waals surface area (Å²) in [6, 6.07) is 7.88. The van der Waals surface area contributed by atoms with Crippen LogP contribution in [0, 0.1) is 5.92 Å². The first-order chi connectivity index (χ1) is 9.76. The summed E-state index contributed by atoms with van der Waals surface area (Å²) in [5.74, 6) is 1.41. The lowest BCUT2D eigenvalue weighted by Gasteiger charge is -2.24. The molecule has 2 fully saturated rings. The van der Waals surface area contributed by atoms with Gasteiger partial charge >= 0.3 is 6.03 Å². The van der Waals surface area contributed by atoms with E-state index >= 15 is 0 Å². The third-order valence-corrected chi connectivity index (χ3v) is 4.23. The van der Waals surface area contributed by atoms with E-state index in [1.54, 1.807) is 7.11 Å². The zero-order valence-electron chi connectivity index (χ0n) is 11.8. The number of hydrogen-bond acceptors (Lipinski definition) is 3. The van der Waals surface area contributed by atoms with Crippen molar-refractivity contribution < 1.29 is 9.53 Å². The highest BCUT2D eigenvalue weighted by atomic mass is 16.5. The molecule has 1 aromatic carbocycles. The number of benzene rings is 1. The molecule has 2 N–H and O–H groups in total. The second-order valence-corrected chi connectivity index (χ2v) is 5.53. The molecule has 0 saturated carbocycles. The molecule has 2 atom stereocenters. The Balaban J connectivity index is 1.59. The molecule has 2 saturated heterocycles. The third kappa shape index (κ3) is 2.72. The Hall–Kier alpha value is -1.75. The van der Waals surface area contributed by atoms with Crippen molar-refractivity contribution >= 4 is 11.7 Å². The standard InChI is InChI=1S/C15H21N3O2/c1-20-13-6-4-12(5-7-13)17-15(19)18-9-11-3-2-8-16-14(11)10-18/h4-7,11,14,16H,2-3,8-10H2,1H3,(H,17,19)/t11-,14+/m0/s1. The summed E-state index contributed by atoms with van der Waals surface area (Å²) in [6.45, 7) is 2.75. The molecular weight excluding hydrogens is 254 g/mol. The lowest BCUT2D eigenvalue weighted by atomic mass is 9.94. The van der Waals surface area contributed by atoms with Crippen LogP contribution in [0.2, 0.25) is 0 Å². The number of methoxy groups -OCH3 is 1. The normalized spacial score (nSPS) is 25.1. The van der Waals surface area contributed by atoms with Gasteiger partial charge in [-0.1, -0.05) is 0 Å². The average molecular weight is 275 g/mol. The Morgan fingerprint density at radius 3 is 2.85 bits per heavy atom. The van der Waals surface area contributed by atoms with Gasteiger partial charge in [0, 0.05) is 24.8 Å². The predicted octanol–water partition coefficient (Wildman–Crippen LogP) is 1.91. The summed E-state index contributed by atoms with van der Waals surface area (Å²) < 4.78 is 5.11. The Morgan fingerprint density at radius 1 is 1.35 bits per heavy atom. The first-order valence-electron chi connectivity index (χ1n) is 7.19. The van der Waals surface area contributed by atoms with Crippen molar-refractivity contribution in [3.63, 3.8) is 0 Å². The number of hydrogen-bond donors (Lipinski definition) is 2. The molecule has 0 bridgehead atoms. The number of carbonyl (C=O) groups excluding carboxylic acids is 1. The minimum absolute atomic E-state index is 0.00799. The summed E-state index contributed by atoms with van der Waals surface area (Å²) in [4.78, 5) is 14.2. The van der Waals surface area contributed by atoms with Gasteiger partial charge in [0.2, 0.25) is 0 Å². The summed E-state index contributed by atoms with van der Waals surface area (Å²) in [5.41, 5.74) is 0.804. The molecule has 0 aromatic heterocycles. The van der Waals surface area contributed by atoms with Gasteiger partial charge in [-0.2, -0.15) is 0 Å². The Labute approximate surface area is 119 Å². The minimum atomic E-state index is -0.00799. The Bertz CT molecular complexity index is 461. The maximum Gasteiger partial charge on any atom is 0.321 e. The number of carbonyl (C=O) groups is 1. The maximum atomic E-state index is 12.3. The molecule has 3 rings (SSSR count). The molecule has 5 nitrogen and oxygen atoms in total. The van der Waals surface area contributed by atoms with Crippen molar-refractivity contribution in [3.8, 4) is 5.75 Å². The van der Waals surface area contributed by atoms with Crippen LogP contribution in [0.25, 0.3) is 0 Å². The van der Waals surface area contributed by atoms with Gasteiger partial charge in [-0.25, -0.2) is 4.79 Å². The monoisotopic (exact) mass is 275 g/mol. The first-order valence-corrected chi connectivity index (χ1v) is 7.19. The van der Waals surface area contributed by atoms with Gasteiger partial charge in [-0.3, -0.25) is 0 Å². The number of amides is 2. The molecule has 108 valence electrons. The summed E-state index contributed by atoms with van der Waals surface area (Å²) in [6.07, 6.45) is 2.44. The van der Waals surface area contributed by atoms with E-state index in [9.17, 15) is 4.79 Å². The van der Waals surface area contributed by atoms with E-state index in [0.29, 0.717) is 12.0 Å². The number of rotatable bonds is 2. The fourth-order valence-electron chi connectivity index (χ4n) is 3.09. The van der Waals surface area contributed by atoms with Crippen molar-refractivity contribution in [1.82, 2.24) is 10.2 Å². The highest BCUT2D eigenvalue weighted by Crippen LogP contribution is 2.25. The first kappa shape index (κ1) is 13.2. The number of nitrogens with zero attached hydrogens (tertiary/aromatic N) is 1. The molecule has 2 amide bonds. The number of anilines is 1.